The predicted octanol–water partition coefficient (Wildman–Crippen LogP) is 2.25. The molecule has 0 radical (unpaired) electrons. The summed E-state index contributed by atoms with van der Waals surface area (Å²) in [5, 5.41) is 6.27. The van der Waals surface area contributed by atoms with Crippen LogP contribution in [0.3, 0.4) is 0 Å². The number of carbonyl (C=O) groups excluding carboxylic acids is 1. The number of amides is 1. The van der Waals surface area contributed by atoms with Gasteiger partial charge in [-0.05, 0) is 46.0 Å². The summed E-state index contributed by atoms with van der Waals surface area (Å²) in [6.45, 7) is 8.56. The van der Waals surface area contributed by atoms with Crippen molar-refractivity contribution in [3.05, 3.63) is 0 Å². The first kappa shape index (κ1) is 21.6. The smallest absolute Gasteiger partial charge is 0.237 e. The summed E-state index contributed by atoms with van der Waals surface area (Å²) in [6, 6.07) is 0.260. The first-order valence-electron chi connectivity index (χ1n) is 10.3. The Morgan fingerprint density at radius 3 is 2.35 bits per heavy atom. The molecule has 6 nitrogen and oxygen atoms in total. The van der Waals surface area contributed by atoms with E-state index in [1.165, 1.54) is 19.3 Å². The van der Waals surface area contributed by atoms with Crippen molar-refractivity contribution in [3.63, 3.8) is 0 Å². The highest BCUT2D eigenvalue weighted by Crippen LogP contribution is 2.24. The number of piperidine rings is 1. The maximum absolute atomic E-state index is 12.5. The summed E-state index contributed by atoms with van der Waals surface area (Å²) in [5.41, 5.74) is 0. The van der Waals surface area contributed by atoms with Crippen LogP contribution in [0.4, 0.5) is 0 Å². The van der Waals surface area contributed by atoms with Crippen molar-refractivity contribution >= 4 is 15.9 Å². The van der Waals surface area contributed by atoms with Gasteiger partial charge in [0.2, 0.25) is 15.9 Å². The molecule has 3 atom stereocenters. The highest BCUT2D eigenvalue weighted by Gasteiger charge is 2.36. The SMILES string of the molecule is CCC1CN(S(=O)(=O)C(C)C)CCC1NC(C)C(=O)NC1CCCCC1. The van der Waals surface area contributed by atoms with Gasteiger partial charge in [-0.25, -0.2) is 12.7 Å². The van der Waals surface area contributed by atoms with E-state index in [0.717, 1.165) is 25.7 Å². The molecule has 3 unspecified atom stereocenters. The molecule has 0 aromatic rings. The molecule has 1 saturated heterocycles. The fourth-order valence-electron chi connectivity index (χ4n) is 4.13. The molecular formula is C19H37N3O3S. The topological polar surface area (TPSA) is 78.5 Å². The minimum Gasteiger partial charge on any atom is -0.352 e. The van der Waals surface area contributed by atoms with Crippen molar-refractivity contribution in [3.8, 4) is 0 Å². The quantitative estimate of drug-likeness (QED) is 0.702. The van der Waals surface area contributed by atoms with Crippen LogP contribution in [0, 0.1) is 5.92 Å². The number of nitrogens with zero attached hydrogens (tertiary/aromatic N) is 1. The van der Waals surface area contributed by atoms with E-state index >= 15 is 0 Å². The van der Waals surface area contributed by atoms with Gasteiger partial charge < -0.3 is 10.6 Å². The van der Waals surface area contributed by atoms with Crippen molar-refractivity contribution in [1.29, 1.82) is 0 Å². The molecule has 7 heteroatoms. The fourth-order valence-corrected chi connectivity index (χ4v) is 5.49. The maximum atomic E-state index is 12.5. The van der Waals surface area contributed by atoms with Crippen LogP contribution in [0.2, 0.25) is 0 Å². The first-order chi connectivity index (χ1) is 12.3. The number of hydrogen-bond donors (Lipinski definition) is 2. The second kappa shape index (κ2) is 9.51. The minimum atomic E-state index is -3.20. The van der Waals surface area contributed by atoms with E-state index in [4.69, 9.17) is 0 Å². The zero-order chi connectivity index (χ0) is 19.3. The van der Waals surface area contributed by atoms with E-state index in [-0.39, 0.29) is 29.2 Å². The third-order valence-electron chi connectivity index (χ3n) is 5.99. The summed E-state index contributed by atoms with van der Waals surface area (Å²) < 4.78 is 26.5. The highest BCUT2D eigenvalue weighted by atomic mass is 32.2. The van der Waals surface area contributed by atoms with Crippen molar-refractivity contribution in [2.24, 2.45) is 5.92 Å². The van der Waals surface area contributed by atoms with Crippen LogP contribution >= 0.6 is 0 Å². The minimum absolute atomic E-state index is 0.0731. The number of hydrogen-bond acceptors (Lipinski definition) is 4. The van der Waals surface area contributed by atoms with Crippen molar-refractivity contribution in [2.45, 2.75) is 96.0 Å². The van der Waals surface area contributed by atoms with Crippen LogP contribution in [-0.2, 0) is 14.8 Å². The lowest BCUT2D eigenvalue weighted by Crippen LogP contribution is -2.56. The van der Waals surface area contributed by atoms with Gasteiger partial charge in [0, 0.05) is 25.2 Å². The van der Waals surface area contributed by atoms with Gasteiger partial charge in [-0.15, -0.1) is 0 Å². The van der Waals surface area contributed by atoms with E-state index in [1.807, 2.05) is 6.92 Å². The molecule has 2 rings (SSSR count). The van der Waals surface area contributed by atoms with E-state index in [2.05, 4.69) is 17.6 Å². The summed E-state index contributed by atoms with van der Waals surface area (Å²) in [4.78, 5) is 12.5. The monoisotopic (exact) mass is 387 g/mol. The van der Waals surface area contributed by atoms with Crippen LogP contribution in [0.5, 0.6) is 0 Å². The number of rotatable bonds is 7. The lowest BCUT2D eigenvalue weighted by molar-refractivity contribution is -0.124. The van der Waals surface area contributed by atoms with E-state index in [9.17, 15) is 13.2 Å². The van der Waals surface area contributed by atoms with Gasteiger partial charge in [-0.2, -0.15) is 0 Å². The van der Waals surface area contributed by atoms with Crippen molar-refractivity contribution < 1.29 is 13.2 Å². The Morgan fingerprint density at radius 1 is 1.12 bits per heavy atom. The molecule has 152 valence electrons. The van der Waals surface area contributed by atoms with Gasteiger partial charge in [0.15, 0.2) is 0 Å². The summed E-state index contributed by atoms with van der Waals surface area (Å²) in [7, 11) is -3.20. The Balaban J connectivity index is 1.89. The number of nitrogens with one attached hydrogen (secondary N) is 2. The lowest BCUT2D eigenvalue weighted by Gasteiger charge is -2.39. The number of carbonyl (C=O) groups is 1. The molecule has 1 aliphatic carbocycles. The molecule has 26 heavy (non-hydrogen) atoms. The molecule has 0 aromatic heterocycles. The Kier molecular flexibility index (Phi) is 7.91. The summed E-state index contributed by atoms with van der Waals surface area (Å²) in [6.07, 6.45) is 7.50. The van der Waals surface area contributed by atoms with Gasteiger partial charge in [0.25, 0.3) is 0 Å². The molecular weight excluding hydrogens is 350 g/mol. The van der Waals surface area contributed by atoms with Gasteiger partial charge in [0.05, 0.1) is 11.3 Å². The van der Waals surface area contributed by atoms with Crippen LogP contribution < -0.4 is 10.6 Å². The van der Waals surface area contributed by atoms with Crippen LogP contribution in [0.25, 0.3) is 0 Å². The molecule has 2 N–H and O–H groups in total. The van der Waals surface area contributed by atoms with Crippen molar-refractivity contribution in [1.82, 2.24) is 14.9 Å². The molecule has 0 bridgehead atoms. The summed E-state index contributed by atoms with van der Waals surface area (Å²) in [5.74, 6) is 0.311. The van der Waals surface area contributed by atoms with Crippen LogP contribution in [-0.4, -0.2) is 55.1 Å². The maximum Gasteiger partial charge on any atom is 0.237 e. The highest BCUT2D eigenvalue weighted by molar-refractivity contribution is 7.89. The Morgan fingerprint density at radius 2 is 1.77 bits per heavy atom. The first-order valence-corrected chi connectivity index (χ1v) is 11.8. The lowest BCUT2D eigenvalue weighted by atomic mass is 9.90. The molecule has 0 aromatic carbocycles. The average Bonchev–Trinajstić information content (AvgIpc) is 2.62. The Bertz CT molecular complexity index is 558. The van der Waals surface area contributed by atoms with Gasteiger partial charge in [-0.3, -0.25) is 4.79 Å². The molecule has 0 spiro atoms. The molecule has 2 aliphatic rings. The van der Waals surface area contributed by atoms with Crippen LogP contribution in [0.1, 0.15) is 72.6 Å². The molecule has 1 amide bonds. The Hall–Kier alpha value is -0.660. The molecule has 1 aliphatic heterocycles. The average molecular weight is 388 g/mol. The summed E-state index contributed by atoms with van der Waals surface area (Å²) >= 11 is 0. The third kappa shape index (κ3) is 5.42. The second-order valence-corrected chi connectivity index (χ2v) is 10.7. The van der Waals surface area contributed by atoms with Gasteiger partial charge in [0.1, 0.15) is 0 Å². The number of sulfonamides is 1. The fraction of sp³-hybridized carbons (Fsp3) is 0.947. The molecule has 1 saturated carbocycles. The molecule has 1 heterocycles. The zero-order valence-corrected chi connectivity index (χ0v) is 17.6. The third-order valence-corrected chi connectivity index (χ3v) is 8.23. The van der Waals surface area contributed by atoms with E-state index < -0.39 is 10.0 Å². The zero-order valence-electron chi connectivity index (χ0n) is 16.8. The largest absolute Gasteiger partial charge is 0.352 e. The Labute approximate surface area is 159 Å². The predicted molar refractivity (Wildman–Crippen MR) is 105 cm³/mol. The standard InChI is InChI=1S/C19H37N3O3S/c1-5-16-13-22(26(24,25)14(2)3)12-11-18(16)20-15(4)19(23)21-17-9-7-6-8-10-17/h14-18,20H,5-13H2,1-4H3,(H,21,23). The van der Waals surface area contributed by atoms with Gasteiger partial charge in [-0.1, -0.05) is 32.6 Å². The normalized spacial score (nSPS) is 27.4. The van der Waals surface area contributed by atoms with Gasteiger partial charge >= 0.3 is 0 Å². The van der Waals surface area contributed by atoms with E-state index in [0.29, 0.717) is 19.1 Å². The second-order valence-electron chi connectivity index (χ2n) is 8.25. The van der Waals surface area contributed by atoms with E-state index in [1.54, 1.807) is 18.2 Å². The van der Waals surface area contributed by atoms with Crippen molar-refractivity contribution in [2.75, 3.05) is 13.1 Å². The molecule has 2 fully saturated rings. The van der Waals surface area contributed by atoms with Crippen LogP contribution in [0.15, 0.2) is 0 Å².